The van der Waals surface area contributed by atoms with E-state index >= 15 is 0 Å². The molecular weight excluding hydrogens is 371 g/mol. The van der Waals surface area contributed by atoms with E-state index in [0.29, 0.717) is 35.0 Å². The SMILES string of the molecule is COc1ccc(Cl)cc1NC(=O)CCN(CCc1ccccc1F)C(C)=O. The van der Waals surface area contributed by atoms with E-state index < -0.39 is 0 Å². The standard InChI is InChI=1S/C20H22ClFN2O3/c1-14(25)24(11-9-15-5-3-4-6-17(15)22)12-10-20(26)23-18-13-16(21)7-8-19(18)27-2/h3-8,13H,9-12H2,1-2H3,(H,23,26). The van der Waals surface area contributed by atoms with Crippen molar-refractivity contribution in [2.75, 3.05) is 25.5 Å². The lowest BCUT2D eigenvalue weighted by Gasteiger charge is -2.21. The highest BCUT2D eigenvalue weighted by Crippen LogP contribution is 2.27. The third kappa shape index (κ3) is 6.25. The summed E-state index contributed by atoms with van der Waals surface area (Å²) in [5.41, 5.74) is 1.01. The molecule has 0 spiro atoms. The number of carbonyl (C=O) groups excluding carboxylic acids is 2. The van der Waals surface area contributed by atoms with Crippen LogP contribution in [0.5, 0.6) is 5.75 Å². The summed E-state index contributed by atoms with van der Waals surface area (Å²) in [5.74, 6) is -0.241. The molecule has 0 saturated heterocycles. The summed E-state index contributed by atoms with van der Waals surface area (Å²) in [5, 5.41) is 3.21. The first-order valence-electron chi connectivity index (χ1n) is 8.53. The predicted octanol–water partition coefficient (Wildman–Crippen LogP) is 3.91. The van der Waals surface area contributed by atoms with Crippen molar-refractivity contribution in [3.8, 4) is 5.75 Å². The van der Waals surface area contributed by atoms with Gasteiger partial charge in [0.2, 0.25) is 11.8 Å². The molecule has 0 aliphatic heterocycles. The lowest BCUT2D eigenvalue weighted by atomic mass is 10.1. The van der Waals surface area contributed by atoms with E-state index in [9.17, 15) is 14.0 Å². The zero-order valence-electron chi connectivity index (χ0n) is 15.3. The lowest BCUT2D eigenvalue weighted by molar-refractivity contribution is -0.129. The van der Waals surface area contributed by atoms with Crippen LogP contribution in [0.2, 0.25) is 5.02 Å². The molecule has 144 valence electrons. The van der Waals surface area contributed by atoms with Gasteiger partial charge in [0, 0.05) is 31.5 Å². The van der Waals surface area contributed by atoms with Crippen molar-refractivity contribution in [1.29, 1.82) is 0 Å². The zero-order valence-corrected chi connectivity index (χ0v) is 16.1. The molecule has 2 amide bonds. The number of rotatable bonds is 8. The van der Waals surface area contributed by atoms with Crippen LogP contribution in [-0.4, -0.2) is 36.9 Å². The van der Waals surface area contributed by atoms with Gasteiger partial charge in [-0.3, -0.25) is 9.59 Å². The molecule has 0 aromatic heterocycles. The molecule has 0 bridgehead atoms. The summed E-state index contributed by atoms with van der Waals surface area (Å²) < 4.78 is 18.9. The molecule has 2 rings (SSSR count). The Labute approximate surface area is 163 Å². The monoisotopic (exact) mass is 392 g/mol. The Morgan fingerprint density at radius 3 is 2.59 bits per heavy atom. The third-order valence-electron chi connectivity index (χ3n) is 4.10. The van der Waals surface area contributed by atoms with E-state index in [1.807, 2.05) is 0 Å². The molecule has 0 heterocycles. The van der Waals surface area contributed by atoms with Gasteiger partial charge in [0.15, 0.2) is 0 Å². The number of ether oxygens (including phenoxy) is 1. The van der Waals surface area contributed by atoms with Crippen LogP contribution in [0.1, 0.15) is 18.9 Å². The van der Waals surface area contributed by atoms with Crippen molar-refractivity contribution in [3.63, 3.8) is 0 Å². The molecule has 0 atom stereocenters. The molecular formula is C20H22ClFN2O3. The molecule has 1 N–H and O–H groups in total. The number of nitrogens with one attached hydrogen (secondary N) is 1. The number of hydrogen-bond acceptors (Lipinski definition) is 3. The molecule has 7 heteroatoms. The topological polar surface area (TPSA) is 58.6 Å². The molecule has 0 fully saturated rings. The van der Waals surface area contributed by atoms with Crippen LogP contribution >= 0.6 is 11.6 Å². The number of nitrogens with zero attached hydrogens (tertiary/aromatic N) is 1. The van der Waals surface area contributed by atoms with Crippen molar-refractivity contribution < 1.29 is 18.7 Å². The minimum absolute atomic E-state index is 0.104. The van der Waals surface area contributed by atoms with Crippen molar-refractivity contribution in [3.05, 3.63) is 58.9 Å². The van der Waals surface area contributed by atoms with Gasteiger partial charge in [-0.25, -0.2) is 4.39 Å². The second-order valence-corrected chi connectivity index (χ2v) is 6.43. The fraction of sp³-hybridized carbons (Fsp3) is 0.300. The van der Waals surface area contributed by atoms with Gasteiger partial charge in [-0.15, -0.1) is 0 Å². The average molecular weight is 393 g/mol. The number of anilines is 1. The Bertz CT molecular complexity index is 814. The minimum Gasteiger partial charge on any atom is -0.495 e. The summed E-state index contributed by atoms with van der Waals surface area (Å²) in [6.07, 6.45) is 0.489. The highest BCUT2D eigenvalue weighted by molar-refractivity contribution is 6.31. The van der Waals surface area contributed by atoms with Gasteiger partial charge in [-0.2, -0.15) is 0 Å². The van der Waals surface area contributed by atoms with E-state index in [1.54, 1.807) is 36.4 Å². The zero-order chi connectivity index (χ0) is 19.8. The van der Waals surface area contributed by atoms with E-state index in [4.69, 9.17) is 16.3 Å². The Kier molecular flexibility index (Phi) is 7.61. The highest BCUT2D eigenvalue weighted by atomic mass is 35.5. The smallest absolute Gasteiger partial charge is 0.226 e. The number of amides is 2. The average Bonchev–Trinajstić information content (AvgIpc) is 2.63. The first-order valence-corrected chi connectivity index (χ1v) is 8.91. The Morgan fingerprint density at radius 2 is 1.93 bits per heavy atom. The van der Waals surface area contributed by atoms with Gasteiger partial charge in [0.25, 0.3) is 0 Å². The molecule has 0 unspecified atom stereocenters. The maximum Gasteiger partial charge on any atom is 0.226 e. The minimum atomic E-state index is -0.299. The number of halogens is 2. The molecule has 0 saturated carbocycles. The maximum absolute atomic E-state index is 13.7. The largest absolute Gasteiger partial charge is 0.495 e. The van der Waals surface area contributed by atoms with Crippen LogP contribution in [0.3, 0.4) is 0 Å². The van der Waals surface area contributed by atoms with E-state index in [0.717, 1.165) is 0 Å². The Morgan fingerprint density at radius 1 is 1.19 bits per heavy atom. The number of carbonyl (C=O) groups is 2. The molecule has 0 radical (unpaired) electrons. The van der Waals surface area contributed by atoms with Crippen LogP contribution in [0.15, 0.2) is 42.5 Å². The second-order valence-electron chi connectivity index (χ2n) is 5.99. The Balaban J connectivity index is 1.92. The van der Waals surface area contributed by atoms with Gasteiger partial charge < -0.3 is 15.0 Å². The summed E-state index contributed by atoms with van der Waals surface area (Å²) in [6.45, 7) is 2.00. The predicted molar refractivity (Wildman–Crippen MR) is 104 cm³/mol. The number of hydrogen-bond donors (Lipinski definition) is 1. The van der Waals surface area contributed by atoms with E-state index in [-0.39, 0.29) is 30.6 Å². The normalized spacial score (nSPS) is 10.4. The third-order valence-corrected chi connectivity index (χ3v) is 4.33. The van der Waals surface area contributed by atoms with Crippen molar-refractivity contribution in [2.24, 2.45) is 0 Å². The molecule has 5 nitrogen and oxygen atoms in total. The highest BCUT2D eigenvalue weighted by Gasteiger charge is 2.14. The van der Waals surface area contributed by atoms with Crippen LogP contribution in [0.4, 0.5) is 10.1 Å². The van der Waals surface area contributed by atoms with Gasteiger partial charge >= 0.3 is 0 Å². The molecule has 2 aromatic carbocycles. The number of benzene rings is 2. The van der Waals surface area contributed by atoms with Crippen LogP contribution in [0.25, 0.3) is 0 Å². The van der Waals surface area contributed by atoms with Crippen molar-refractivity contribution >= 4 is 29.1 Å². The first kappa shape index (κ1) is 20.7. The van der Waals surface area contributed by atoms with Gasteiger partial charge in [-0.05, 0) is 36.2 Å². The van der Waals surface area contributed by atoms with Crippen LogP contribution in [-0.2, 0) is 16.0 Å². The second kappa shape index (κ2) is 9.92. The number of methoxy groups -OCH3 is 1. The van der Waals surface area contributed by atoms with Gasteiger partial charge in [-0.1, -0.05) is 29.8 Å². The first-order chi connectivity index (χ1) is 12.9. The van der Waals surface area contributed by atoms with Crippen molar-refractivity contribution in [1.82, 2.24) is 4.90 Å². The molecule has 0 aliphatic carbocycles. The fourth-order valence-electron chi connectivity index (χ4n) is 2.61. The molecule has 27 heavy (non-hydrogen) atoms. The summed E-state index contributed by atoms with van der Waals surface area (Å²) >= 11 is 5.95. The van der Waals surface area contributed by atoms with E-state index in [1.165, 1.54) is 25.0 Å². The van der Waals surface area contributed by atoms with Gasteiger partial charge in [0.05, 0.1) is 12.8 Å². The van der Waals surface area contributed by atoms with Crippen molar-refractivity contribution in [2.45, 2.75) is 19.8 Å². The summed E-state index contributed by atoms with van der Waals surface area (Å²) in [7, 11) is 1.50. The summed E-state index contributed by atoms with van der Waals surface area (Å²) in [6, 6.07) is 11.4. The fourth-order valence-corrected chi connectivity index (χ4v) is 2.78. The van der Waals surface area contributed by atoms with E-state index in [2.05, 4.69) is 5.32 Å². The van der Waals surface area contributed by atoms with Crippen LogP contribution in [0, 0.1) is 5.82 Å². The molecule has 2 aromatic rings. The summed E-state index contributed by atoms with van der Waals surface area (Å²) in [4.78, 5) is 25.6. The quantitative estimate of drug-likeness (QED) is 0.741. The van der Waals surface area contributed by atoms with Gasteiger partial charge in [0.1, 0.15) is 11.6 Å². The maximum atomic E-state index is 13.7. The van der Waals surface area contributed by atoms with Crippen LogP contribution < -0.4 is 10.1 Å². The lowest BCUT2D eigenvalue weighted by Crippen LogP contribution is -2.33. The molecule has 0 aliphatic rings. The Hall–Kier alpha value is -2.60.